The van der Waals surface area contributed by atoms with Gasteiger partial charge in [0.2, 0.25) is 0 Å². The normalized spacial score (nSPS) is 10.9. The first kappa shape index (κ1) is 26.3. The van der Waals surface area contributed by atoms with Crippen LogP contribution >= 0.6 is 0 Å². The largest absolute Gasteiger partial charge is 0.371 e. The van der Waals surface area contributed by atoms with E-state index in [1.54, 1.807) is 0 Å². The first-order valence-corrected chi connectivity index (χ1v) is 14.6. The zero-order chi connectivity index (χ0) is 28.0. The topological polar surface area (TPSA) is 3.24 Å². The maximum absolute atomic E-state index is 2.54. The molecule has 0 amide bonds. The molecular formula is C40H35N. The van der Waals surface area contributed by atoms with Gasteiger partial charge in [-0.15, -0.1) is 0 Å². The Morgan fingerprint density at radius 3 is 0.780 bits per heavy atom. The van der Waals surface area contributed by atoms with Gasteiger partial charge in [0.15, 0.2) is 0 Å². The second kappa shape index (κ2) is 12.1. The minimum absolute atomic E-state index is 0.906. The summed E-state index contributed by atoms with van der Waals surface area (Å²) >= 11 is 0. The predicted molar refractivity (Wildman–Crippen MR) is 177 cm³/mol. The van der Waals surface area contributed by atoms with E-state index in [2.05, 4.69) is 170 Å². The third-order valence-electron chi connectivity index (χ3n) is 7.87. The smallest absolute Gasteiger partial charge is 0.0538 e. The van der Waals surface area contributed by atoms with E-state index in [1.165, 1.54) is 61.3 Å². The zero-order valence-corrected chi connectivity index (χ0v) is 23.8. The summed E-state index contributed by atoms with van der Waals surface area (Å²) in [6, 6.07) is 54.7. The maximum Gasteiger partial charge on any atom is 0.0538 e. The lowest BCUT2D eigenvalue weighted by Crippen LogP contribution is -2.24. The molecule has 1 nitrogen and oxygen atoms in total. The van der Waals surface area contributed by atoms with Gasteiger partial charge in [0.1, 0.15) is 0 Å². The molecular weight excluding hydrogens is 494 g/mol. The Kier molecular flexibility index (Phi) is 7.78. The van der Waals surface area contributed by atoms with E-state index in [9.17, 15) is 0 Å². The Bertz CT molecular complexity index is 1600. The Labute approximate surface area is 244 Å². The summed E-state index contributed by atoms with van der Waals surface area (Å²) in [5, 5.41) is 0. The van der Waals surface area contributed by atoms with Crippen molar-refractivity contribution in [1.29, 1.82) is 0 Å². The van der Waals surface area contributed by atoms with Gasteiger partial charge in [-0.05, 0) is 47.2 Å². The number of hydrogen-bond donors (Lipinski definition) is 0. The Morgan fingerprint density at radius 2 is 0.537 bits per heavy atom. The number of rotatable bonds is 8. The van der Waals surface area contributed by atoms with Crippen LogP contribution in [-0.2, 0) is 0 Å². The van der Waals surface area contributed by atoms with Gasteiger partial charge in [-0.2, -0.15) is 0 Å². The average molecular weight is 530 g/mol. The lowest BCUT2D eigenvalue weighted by molar-refractivity contribution is 0.869. The fourth-order valence-corrected chi connectivity index (χ4v) is 6.05. The lowest BCUT2D eigenvalue weighted by Gasteiger charge is -2.34. The third kappa shape index (κ3) is 5.08. The Morgan fingerprint density at radius 1 is 0.317 bits per heavy atom. The summed E-state index contributed by atoms with van der Waals surface area (Å²) in [7, 11) is 0. The summed E-state index contributed by atoms with van der Waals surface area (Å²) in [5.74, 6) is 0. The summed E-state index contributed by atoms with van der Waals surface area (Å²) in [6.07, 6.45) is 0. The van der Waals surface area contributed by atoms with Gasteiger partial charge >= 0.3 is 0 Å². The van der Waals surface area contributed by atoms with E-state index in [-0.39, 0.29) is 0 Å². The molecule has 0 aliphatic heterocycles. The zero-order valence-electron chi connectivity index (χ0n) is 23.8. The van der Waals surface area contributed by atoms with Gasteiger partial charge < -0.3 is 4.90 Å². The van der Waals surface area contributed by atoms with E-state index in [0.29, 0.717) is 0 Å². The van der Waals surface area contributed by atoms with Gasteiger partial charge in [0.05, 0.1) is 5.69 Å². The van der Waals surface area contributed by atoms with Gasteiger partial charge in [0, 0.05) is 35.3 Å². The van der Waals surface area contributed by atoms with Gasteiger partial charge in [-0.1, -0.05) is 152 Å². The molecule has 200 valence electrons. The standard InChI is InChI=1S/C40H35N/c1-3-41(4-2)40-38(33-26-16-8-17-27-33)36(31-22-12-6-13-23-31)35(30-20-10-5-11-21-30)37(32-24-14-7-15-25-32)39(40)34-28-18-9-19-29-34/h5-29H,3-4H2,1-2H3. The van der Waals surface area contributed by atoms with Crippen molar-refractivity contribution in [3.63, 3.8) is 0 Å². The molecule has 0 aliphatic rings. The summed E-state index contributed by atoms with van der Waals surface area (Å²) < 4.78 is 0. The number of anilines is 1. The van der Waals surface area contributed by atoms with Crippen LogP contribution in [0, 0.1) is 0 Å². The molecule has 0 spiro atoms. The van der Waals surface area contributed by atoms with Gasteiger partial charge in [-0.25, -0.2) is 0 Å². The van der Waals surface area contributed by atoms with E-state index in [0.717, 1.165) is 13.1 Å². The SMILES string of the molecule is CCN(CC)c1c(-c2ccccc2)c(-c2ccccc2)c(-c2ccccc2)c(-c2ccccc2)c1-c1ccccc1. The Balaban J connectivity index is 1.95. The highest BCUT2D eigenvalue weighted by Crippen LogP contribution is 2.55. The van der Waals surface area contributed by atoms with E-state index in [1.807, 2.05) is 0 Å². The van der Waals surface area contributed by atoms with Crippen molar-refractivity contribution in [2.45, 2.75) is 13.8 Å². The van der Waals surface area contributed by atoms with Crippen molar-refractivity contribution in [3.8, 4) is 55.6 Å². The second-order valence-corrected chi connectivity index (χ2v) is 10.2. The van der Waals surface area contributed by atoms with E-state index in [4.69, 9.17) is 0 Å². The first-order valence-electron chi connectivity index (χ1n) is 14.6. The molecule has 0 atom stereocenters. The maximum atomic E-state index is 2.54. The highest BCUT2D eigenvalue weighted by Gasteiger charge is 2.29. The van der Waals surface area contributed by atoms with Crippen molar-refractivity contribution in [1.82, 2.24) is 0 Å². The van der Waals surface area contributed by atoms with Crippen LogP contribution in [0.3, 0.4) is 0 Å². The first-order chi connectivity index (χ1) is 20.3. The molecule has 0 aromatic heterocycles. The van der Waals surface area contributed by atoms with Crippen LogP contribution in [0.25, 0.3) is 55.6 Å². The quantitative estimate of drug-likeness (QED) is 0.189. The summed E-state index contributed by atoms with van der Waals surface area (Å²) in [6.45, 7) is 6.34. The lowest BCUT2D eigenvalue weighted by atomic mass is 9.77. The molecule has 0 saturated carbocycles. The molecule has 6 aromatic carbocycles. The van der Waals surface area contributed by atoms with Crippen LogP contribution in [0.15, 0.2) is 152 Å². The predicted octanol–water partition coefficient (Wildman–Crippen LogP) is 10.9. The highest BCUT2D eigenvalue weighted by atomic mass is 15.1. The van der Waals surface area contributed by atoms with Gasteiger partial charge in [0.25, 0.3) is 0 Å². The molecule has 6 rings (SSSR count). The minimum atomic E-state index is 0.906. The molecule has 0 bridgehead atoms. The number of benzene rings is 6. The van der Waals surface area contributed by atoms with Crippen LogP contribution in [0.2, 0.25) is 0 Å². The molecule has 0 fully saturated rings. The molecule has 0 aliphatic carbocycles. The van der Waals surface area contributed by atoms with Crippen LogP contribution in [-0.4, -0.2) is 13.1 Å². The molecule has 0 saturated heterocycles. The van der Waals surface area contributed by atoms with Crippen LogP contribution < -0.4 is 4.90 Å². The molecule has 0 unspecified atom stereocenters. The van der Waals surface area contributed by atoms with E-state index >= 15 is 0 Å². The molecule has 0 radical (unpaired) electrons. The van der Waals surface area contributed by atoms with Crippen LogP contribution in [0.1, 0.15) is 13.8 Å². The van der Waals surface area contributed by atoms with Crippen molar-refractivity contribution >= 4 is 5.69 Å². The van der Waals surface area contributed by atoms with Crippen molar-refractivity contribution < 1.29 is 0 Å². The van der Waals surface area contributed by atoms with Crippen molar-refractivity contribution in [3.05, 3.63) is 152 Å². The monoisotopic (exact) mass is 529 g/mol. The van der Waals surface area contributed by atoms with Crippen LogP contribution in [0.4, 0.5) is 5.69 Å². The second-order valence-electron chi connectivity index (χ2n) is 10.2. The van der Waals surface area contributed by atoms with E-state index < -0.39 is 0 Å². The molecule has 6 aromatic rings. The molecule has 0 heterocycles. The molecule has 1 heteroatoms. The third-order valence-corrected chi connectivity index (χ3v) is 7.87. The highest BCUT2D eigenvalue weighted by molar-refractivity contribution is 6.14. The Hall–Kier alpha value is -4.88. The number of hydrogen-bond acceptors (Lipinski definition) is 1. The van der Waals surface area contributed by atoms with Crippen LogP contribution in [0.5, 0.6) is 0 Å². The fraction of sp³-hybridized carbons (Fsp3) is 0.100. The van der Waals surface area contributed by atoms with Crippen molar-refractivity contribution in [2.75, 3.05) is 18.0 Å². The minimum Gasteiger partial charge on any atom is -0.371 e. The number of nitrogens with zero attached hydrogens (tertiary/aromatic N) is 1. The fourth-order valence-electron chi connectivity index (χ4n) is 6.05. The summed E-state index contributed by atoms with van der Waals surface area (Å²) in [5.41, 5.74) is 13.7. The van der Waals surface area contributed by atoms with Crippen molar-refractivity contribution in [2.24, 2.45) is 0 Å². The average Bonchev–Trinajstić information content (AvgIpc) is 3.06. The van der Waals surface area contributed by atoms with Gasteiger partial charge in [-0.3, -0.25) is 0 Å². The molecule has 41 heavy (non-hydrogen) atoms. The molecule has 0 N–H and O–H groups in total. The summed E-state index contributed by atoms with van der Waals surface area (Å²) in [4.78, 5) is 2.54.